The number of carbonyl (C=O) groups excluding carboxylic acids is 1. The number of unbranched alkanes of at least 4 members (excludes halogenated alkanes) is 1. The normalized spacial score (nSPS) is 11.7. The lowest BCUT2D eigenvalue weighted by molar-refractivity contribution is -0.159. The van der Waals surface area contributed by atoms with Crippen molar-refractivity contribution in [1.29, 1.82) is 0 Å². The van der Waals surface area contributed by atoms with Gasteiger partial charge in [-0.3, -0.25) is 4.79 Å². The van der Waals surface area contributed by atoms with Crippen LogP contribution in [0.25, 0.3) is 11.4 Å². The number of benzene rings is 1. The molecule has 10 heteroatoms. The molecule has 0 spiro atoms. The maximum absolute atomic E-state index is 12.5. The average Bonchev–Trinajstić information content (AvgIpc) is 3.11. The number of hydrogen-bond donors (Lipinski definition) is 1. The summed E-state index contributed by atoms with van der Waals surface area (Å²) in [5, 5.41) is 9.58. The molecule has 7 nitrogen and oxygen atoms in total. The Morgan fingerprint density at radius 2 is 2.08 bits per heavy atom. The highest BCUT2D eigenvalue weighted by Crippen LogP contribution is 2.29. The molecule has 0 bridgehead atoms. The summed E-state index contributed by atoms with van der Waals surface area (Å²) in [4.78, 5) is 20.2. The Bertz CT molecular complexity index is 742. The van der Waals surface area contributed by atoms with Gasteiger partial charge in [-0.25, -0.2) is 0 Å². The summed E-state index contributed by atoms with van der Waals surface area (Å²) in [5.41, 5.74) is 0.625. The molecule has 0 atom stereocenters. The smallest absolute Gasteiger partial charge is 0.396 e. The third kappa shape index (κ3) is 5.57. The number of amides is 1. The summed E-state index contributed by atoms with van der Waals surface area (Å²) < 4.78 is 41.5. The van der Waals surface area contributed by atoms with Gasteiger partial charge in [0.1, 0.15) is 6.61 Å². The number of hydrogen-bond acceptors (Lipinski definition) is 6. The zero-order chi connectivity index (χ0) is 19.0. The van der Waals surface area contributed by atoms with Gasteiger partial charge >= 0.3 is 12.1 Å². The Kier molecular flexibility index (Phi) is 6.70. The SMILES string of the molecule is CCCCON=CCNC(=O)c1ccc(-c2noc(C(F)(F)F)n2)cc1. The zero-order valence-corrected chi connectivity index (χ0v) is 13.9. The predicted octanol–water partition coefficient (Wildman–Crippen LogP) is 3.29. The number of nitrogens with zero attached hydrogens (tertiary/aromatic N) is 3. The number of aromatic nitrogens is 2. The minimum absolute atomic E-state index is 0.187. The number of carbonyl (C=O) groups is 1. The lowest BCUT2D eigenvalue weighted by atomic mass is 10.1. The summed E-state index contributed by atoms with van der Waals surface area (Å²) in [6.45, 7) is 2.74. The molecule has 1 aromatic heterocycles. The topological polar surface area (TPSA) is 89.6 Å². The van der Waals surface area contributed by atoms with Gasteiger partial charge in [0.15, 0.2) is 0 Å². The van der Waals surface area contributed by atoms with Crippen LogP contribution in [0.5, 0.6) is 0 Å². The van der Waals surface area contributed by atoms with E-state index in [9.17, 15) is 18.0 Å². The van der Waals surface area contributed by atoms with E-state index >= 15 is 0 Å². The first-order valence-corrected chi connectivity index (χ1v) is 7.85. The van der Waals surface area contributed by atoms with Gasteiger partial charge < -0.3 is 14.7 Å². The minimum Gasteiger partial charge on any atom is -0.396 e. The Morgan fingerprint density at radius 3 is 2.69 bits per heavy atom. The van der Waals surface area contributed by atoms with Gasteiger partial charge in [0.2, 0.25) is 5.82 Å². The molecule has 0 radical (unpaired) electrons. The Morgan fingerprint density at radius 1 is 1.35 bits per heavy atom. The van der Waals surface area contributed by atoms with Crippen molar-refractivity contribution in [2.45, 2.75) is 25.9 Å². The summed E-state index contributed by atoms with van der Waals surface area (Å²) in [6, 6.07) is 5.76. The molecule has 1 heterocycles. The lowest BCUT2D eigenvalue weighted by Gasteiger charge is -2.03. The van der Waals surface area contributed by atoms with Gasteiger partial charge in [-0.2, -0.15) is 18.2 Å². The van der Waals surface area contributed by atoms with E-state index in [1.54, 1.807) is 0 Å². The van der Waals surface area contributed by atoms with E-state index in [0.29, 0.717) is 17.7 Å². The second-order valence-corrected chi connectivity index (χ2v) is 5.18. The van der Waals surface area contributed by atoms with Crippen molar-refractivity contribution >= 4 is 12.1 Å². The molecular weight excluding hydrogens is 353 g/mol. The third-order valence-electron chi connectivity index (χ3n) is 3.17. The summed E-state index contributed by atoms with van der Waals surface area (Å²) >= 11 is 0. The van der Waals surface area contributed by atoms with Crippen LogP contribution in [0.1, 0.15) is 36.0 Å². The van der Waals surface area contributed by atoms with E-state index in [-0.39, 0.29) is 18.3 Å². The van der Waals surface area contributed by atoms with Crippen LogP contribution >= 0.6 is 0 Å². The van der Waals surface area contributed by atoms with Crippen LogP contribution in [0.4, 0.5) is 13.2 Å². The monoisotopic (exact) mass is 370 g/mol. The quantitative estimate of drug-likeness (QED) is 0.438. The molecule has 1 N–H and O–H groups in total. The van der Waals surface area contributed by atoms with Crippen molar-refractivity contribution < 1.29 is 27.3 Å². The van der Waals surface area contributed by atoms with Gasteiger partial charge in [0.25, 0.3) is 5.91 Å². The molecule has 0 saturated carbocycles. The van der Waals surface area contributed by atoms with Crippen LogP contribution in [0.15, 0.2) is 33.9 Å². The van der Waals surface area contributed by atoms with Crippen LogP contribution in [0.2, 0.25) is 0 Å². The van der Waals surface area contributed by atoms with Gasteiger partial charge in [-0.15, -0.1) is 0 Å². The Balaban J connectivity index is 1.88. The average molecular weight is 370 g/mol. The molecule has 140 valence electrons. The molecular formula is C16H17F3N4O3. The van der Waals surface area contributed by atoms with E-state index in [2.05, 4.69) is 25.1 Å². The first kappa shape index (κ1) is 19.4. The van der Waals surface area contributed by atoms with E-state index in [4.69, 9.17) is 4.84 Å². The van der Waals surface area contributed by atoms with Crippen molar-refractivity contribution in [3.05, 3.63) is 35.7 Å². The number of rotatable bonds is 8. The second kappa shape index (κ2) is 8.97. The highest BCUT2D eigenvalue weighted by Gasteiger charge is 2.38. The molecule has 0 aliphatic rings. The second-order valence-electron chi connectivity index (χ2n) is 5.18. The zero-order valence-electron chi connectivity index (χ0n) is 13.9. The van der Waals surface area contributed by atoms with Crippen LogP contribution in [0.3, 0.4) is 0 Å². The molecule has 2 aromatic rings. The lowest BCUT2D eigenvalue weighted by Crippen LogP contribution is -2.25. The number of oxime groups is 1. The van der Waals surface area contributed by atoms with Crippen LogP contribution in [-0.2, 0) is 11.0 Å². The fourth-order valence-corrected chi connectivity index (χ4v) is 1.82. The van der Waals surface area contributed by atoms with Crippen LogP contribution in [-0.4, -0.2) is 35.4 Å². The standard InChI is InChI=1S/C16H17F3N4O3/c1-2-3-10-25-21-9-8-20-14(24)12-6-4-11(5-7-12)13-22-15(26-23-13)16(17,18)19/h4-7,9H,2-3,8,10H2,1H3,(H,20,24). The minimum atomic E-state index is -4.70. The first-order chi connectivity index (χ1) is 12.4. The molecule has 0 aliphatic heterocycles. The molecule has 0 unspecified atom stereocenters. The molecule has 0 aliphatic carbocycles. The number of alkyl halides is 3. The van der Waals surface area contributed by atoms with E-state index in [1.807, 2.05) is 6.92 Å². The molecule has 1 aromatic carbocycles. The Hall–Kier alpha value is -2.91. The first-order valence-electron chi connectivity index (χ1n) is 7.85. The van der Waals surface area contributed by atoms with Crippen molar-refractivity contribution in [3.63, 3.8) is 0 Å². The summed E-state index contributed by atoms with van der Waals surface area (Å²) in [7, 11) is 0. The highest BCUT2D eigenvalue weighted by molar-refractivity contribution is 5.95. The summed E-state index contributed by atoms with van der Waals surface area (Å²) in [5.74, 6) is -1.99. The van der Waals surface area contributed by atoms with Gasteiger partial charge in [-0.05, 0) is 18.6 Å². The van der Waals surface area contributed by atoms with E-state index < -0.39 is 12.1 Å². The number of nitrogens with one attached hydrogen (secondary N) is 1. The van der Waals surface area contributed by atoms with Crippen molar-refractivity contribution in [1.82, 2.24) is 15.5 Å². The van der Waals surface area contributed by atoms with Crippen molar-refractivity contribution in [2.24, 2.45) is 5.16 Å². The molecule has 1 amide bonds. The molecule has 0 fully saturated rings. The van der Waals surface area contributed by atoms with Gasteiger partial charge in [0, 0.05) is 11.1 Å². The fourth-order valence-electron chi connectivity index (χ4n) is 1.82. The van der Waals surface area contributed by atoms with Crippen molar-refractivity contribution in [2.75, 3.05) is 13.2 Å². The van der Waals surface area contributed by atoms with Crippen LogP contribution < -0.4 is 5.32 Å². The fraction of sp³-hybridized carbons (Fsp3) is 0.375. The molecule has 0 saturated heterocycles. The Labute approximate surface area is 147 Å². The predicted molar refractivity (Wildman–Crippen MR) is 86.4 cm³/mol. The van der Waals surface area contributed by atoms with Crippen LogP contribution in [0, 0.1) is 0 Å². The van der Waals surface area contributed by atoms with Gasteiger partial charge in [0.05, 0.1) is 12.8 Å². The van der Waals surface area contributed by atoms with Crippen molar-refractivity contribution in [3.8, 4) is 11.4 Å². The maximum Gasteiger partial charge on any atom is 0.471 e. The third-order valence-corrected chi connectivity index (χ3v) is 3.17. The maximum atomic E-state index is 12.5. The molecule has 2 rings (SSSR count). The largest absolute Gasteiger partial charge is 0.471 e. The summed E-state index contributed by atoms with van der Waals surface area (Å²) in [6.07, 6.45) is -1.36. The van der Waals surface area contributed by atoms with Gasteiger partial charge in [-0.1, -0.05) is 35.8 Å². The van der Waals surface area contributed by atoms with E-state index in [0.717, 1.165) is 12.8 Å². The molecule has 26 heavy (non-hydrogen) atoms. The highest BCUT2D eigenvalue weighted by atomic mass is 19.4. The number of halogens is 3. The van der Waals surface area contributed by atoms with E-state index in [1.165, 1.54) is 30.5 Å².